The van der Waals surface area contributed by atoms with Crippen molar-refractivity contribution in [2.75, 3.05) is 19.6 Å². The van der Waals surface area contributed by atoms with Crippen molar-refractivity contribution >= 4 is 17.8 Å². The Morgan fingerprint density at radius 1 is 1.30 bits per heavy atom. The Hall–Kier alpha value is -1.63. The van der Waals surface area contributed by atoms with Crippen LogP contribution in [0, 0.1) is 11.3 Å². The summed E-state index contributed by atoms with van der Waals surface area (Å²) in [5, 5.41) is 9.26. The molecule has 0 spiro atoms. The van der Waals surface area contributed by atoms with Crippen LogP contribution in [0.2, 0.25) is 0 Å². The maximum absolute atomic E-state index is 11.6. The Balaban J connectivity index is 2.51. The number of amides is 2. The van der Waals surface area contributed by atoms with Crippen LogP contribution in [0.1, 0.15) is 33.6 Å². The molecular weight excluding hydrogens is 262 g/mol. The number of aliphatic carboxylic acids is 1. The molecule has 20 heavy (non-hydrogen) atoms. The van der Waals surface area contributed by atoms with Gasteiger partial charge in [0.05, 0.1) is 12.0 Å². The number of carboxylic acid groups (broad SMARTS) is 1. The van der Waals surface area contributed by atoms with Crippen LogP contribution in [0.3, 0.4) is 0 Å². The molecule has 2 amide bonds. The Labute approximate surface area is 118 Å². The van der Waals surface area contributed by atoms with E-state index in [-0.39, 0.29) is 24.3 Å². The van der Waals surface area contributed by atoms with Gasteiger partial charge in [0.1, 0.15) is 0 Å². The number of likely N-dealkylation sites (tertiary alicyclic amines) is 1. The SMILES string of the molecule is CC(=O)NNC(=O)CN1CCCC(C(C)(C)C(=O)O)C1. The maximum atomic E-state index is 11.6. The molecule has 1 saturated heterocycles. The van der Waals surface area contributed by atoms with Gasteiger partial charge in [-0.1, -0.05) is 0 Å². The third kappa shape index (κ3) is 4.48. The molecule has 1 atom stereocenters. The molecule has 1 heterocycles. The van der Waals surface area contributed by atoms with Gasteiger partial charge in [-0.05, 0) is 39.2 Å². The number of hydrogen-bond donors (Lipinski definition) is 3. The van der Waals surface area contributed by atoms with Gasteiger partial charge in [-0.3, -0.25) is 30.1 Å². The van der Waals surface area contributed by atoms with Crippen LogP contribution in [0.4, 0.5) is 0 Å². The quantitative estimate of drug-likeness (QED) is 0.630. The van der Waals surface area contributed by atoms with E-state index in [9.17, 15) is 19.5 Å². The molecule has 7 nitrogen and oxygen atoms in total. The normalized spacial score (nSPS) is 20.2. The molecule has 0 saturated carbocycles. The predicted molar refractivity (Wildman–Crippen MR) is 72.5 cm³/mol. The molecule has 7 heteroatoms. The minimum atomic E-state index is -0.813. The second kappa shape index (κ2) is 6.69. The molecule has 1 rings (SSSR count). The van der Waals surface area contributed by atoms with E-state index in [0.29, 0.717) is 6.54 Å². The first kappa shape index (κ1) is 16.4. The molecule has 114 valence electrons. The fourth-order valence-electron chi connectivity index (χ4n) is 2.36. The number of carboxylic acids is 1. The molecule has 3 N–H and O–H groups in total. The van der Waals surface area contributed by atoms with E-state index in [1.54, 1.807) is 13.8 Å². The number of hydrazine groups is 1. The van der Waals surface area contributed by atoms with Gasteiger partial charge < -0.3 is 5.11 Å². The monoisotopic (exact) mass is 285 g/mol. The summed E-state index contributed by atoms with van der Waals surface area (Å²) >= 11 is 0. The van der Waals surface area contributed by atoms with E-state index in [2.05, 4.69) is 10.9 Å². The molecule has 0 bridgehead atoms. The summed E-state index contributed by atoms with van der Waals surface area (Å²) in [6, 6.07) is 0. The van der Waals surface area contributed by atoms with Crippen LogP contribution < -0.4 is 10.9 Å². The zero-order valence-corrected chi connectivity index (χ0v) is 12.2. The van der Waals surface area contributed by atoms with Crippen molar-refractivity contribution < 1.29 is 19.5 Å². The summed E-state index contributed by atoms with van der Waals surface area (Å²) in [6.45, 7) is 6.26. The molecule has 0 radical (unpaired) electrons. The van der Waals surface area contributed by atoms with E-state index >= 15 is 0 Å². The largest absolute Gasteiger partial charge is 0.481 e. The van der Waals surface area contributed by atoms with Gasteiger partial charge in [0.2, 0.25) is 5.91 Å². The van der Waals surface area contributed by atoms with E-state index in [0.717, 1.165) is 19.4 Å². The number of carbonyl (C=O) groups excluding carboxylic acids is 2. The van der Waals surface area contributed by atoms with Crippen LogP contribution >= 0.6 is 0 Å². The van der Waals surface area contributed by atoms with Crippen LogP contribution in [0.5, 0.6) is 0 Å². The molecular formula is C13H23N3O4. The topological polar surface area (TPSA) is 98.7 Å². The third-order valence-electron chi connectivity index (χ3n) is 3.82. The zero-order chi connectivity index (χ0) is 15.3. The zero-order valence-electron chi connectivity index (χ0n) is 12.2. The highest BCUT2D eigenvalue weighted by atomic mass is 16.4. The van der Waals surface area contributed by atoms with Gasteiger partial charge in [-0.2, -0.15) is 0 Å². The van der Waals surface area contributed by atoms with Crippen molar-refractivity contribution in [2.24, 2.45) is 11.3 Å². The second-order valence-electron chi connectivity index (χ2n) is 5.83. The summed E-state index contributed by atoms with van der Waals surface area (Å²) in [5.41, 5.74) is 3.75. The second-order valence-corrected chi connectivity index (χ2v) is 5.83. The Morgan fingerprint density at radius 3 is 2.50 bits per heavy atom. The van der Waals surface area contributed by atoms with Crippen molar-refractivity contribution in [1.82, 2.24) is 15.8 Å². The number of rotatable bonds is 4. The lowest BCUT2D eigenvalue weighted by molar-refractivity contribution is -0.151. The van der Waals surface area contributed by atoms with E-state index in [1.165, 1.54) is 6.92 Å². The van der Waals surface area contributed by atoms with Gasteiger partial charge in [-0.15, -0.1) is 0 Å². The summed E-state index contributed by atoms with van der Waals surface area (Å²) in [4.78, 5) is 35.5. The summed E-state index contributed by atoms with van der Waals surface area (Å²) in [5.74, 6) is -1.43. The number of nitrogens with zero attached hydrogens (tertiary/aromatic N) is 1. The molecule has 1 aliphatic heterocycles. The molecule has 0 aliphatic carbocycles. The smallest absolute Gasteiger partial charge is 0.309 e. The van der Waals surface area contributed by atoms with Gasteiger partial charge in [0, 0.05) is 13.5 Å². The fraction of sp³-hybridized carbons (Fsp3) is 0.769. The van der Waals surface area contributed by atoms with Crippen LogP contribution in [-0.4, -0.2) is 47.4 Å². The Kier molecular flexibility index (Phi) is 5.50. The average Bonchev–Trinajstić information content (AvgIpc) is 2.36. The van der Waals surface area contributed by atoms with E-state index < -0.39 is 11.4 Å². The molecule has 0 aromatic heterocycles. The van der Waals surface area contributed by atoms with E-state index in [4.69, 9.17) is 0 Å². The van der Waals surface area contributed by atoms with Gasteiger partial charge >= 0.3 is 5.97 Å². The van der Waals surface area contributed by atoms with Gasteiger partial charge in [0.15, 0.2) is 0 Å². The number of piperidine rings is 1. The molecule has 1 unspecified atom stereocenters. The van der Waals surface area contributed by atoms with Crippen LogP contribution in [-0.2, 0) is 14.4 Å². The third-order valence-corrected chi connectivity index (χ3v) is 3.82. The first-order valence-corrected chi connectivity index (χ1v) is 6.74. The first-order chi connectivity index (χ1) is 9.23. The van der Waals surface area contributed by atoms with E-state index in [1.807, 2.05) is 4.90 Å². The first-order valence-electron chi connectivity index (χ1n) is 6.74. The van der Waals surface area contributed by atoms with Crippen molar-refractivity contribution in [3.8, 4) is 0 Å². The number of hydrogen-bond acceptors (Lipinski definition) is 4. The highest BCUT2D eigenvalue weighted by molar-refractivity contribution is 5.82. The lowest BCUT2D eigenvalue weighted by atomic mass is 9.74. The highest BCUT2D eigenvalue weighted by Gasteiger charge is 2.39. The van der Waals surface area contributed by atoms with Gasteiger partial charge in [0.25, 0.3) is 5.91 Å². The molecule has 1 aliphatic rings. The van der Waals surface area contributed by atoms with Gasteiger partial charge in [-0.25, -0.2) is 0 Å². The lowest BCUT2D eigenvalue weighted by Crippen LogP contribution is -2.50. The summed E-state index contributed by atoms with van der Waals surface area (Å²) in [7, 11) is 0. The van der Waals surface area contributed by atoms with Crippen molar-refractivity contribution in [2.45, 2.75) is 33.6 Å². The lowest BCUT2D eigenvalue weighted by Gasteiger charge is -2.38. The minimum absolute atomic E-state index is 0.0160. The van der Waals surface area contributed by atoms with Crippen LogP contribution in [0.15, 0.2) is 0 Å². The Morgan fingerprint density at radius 2 is 1.95 bits per heavy atom. The minimum Gasteiger partial charge on any atom is -0.481 e. The van der Waals surface area contributed by atoms with Crippen LogP contribution in [0.25, 0.3) is 0 Å². The van der Waals surface area contributed by atoms with Crippen molar-refractivity contribution in [3.63, 3.8) is 0 Å². The molecule has 0 aromatic carbocycles. The fourth-order valence-corrected chi connectivity index (χ4v) is 2.36. The summed E-state index contributed by atoms with van der Waals surface area (Å²) in [6.07, 6.45) is 1.72. The molecule has 0 aromatic rings. The number of nitrogens with one attached hydrogen (secondary N) is 2. The summed E-state index contributed by atoms with van der Waals surface area (Å²) < 4.78 is 0. The van der Waals surface area contributed by atoms with Crippen molar-refractivity contribution in [1.29, 1.82) is 0 Å². The standard InChI is InChI=1S/C13H23N3O4/c1-9(17)14-15-11(18)8-16-6-4-5-10(7-16)13(2,3)12(19)20/h10H,4-8H2,1-3H3,(H,14,17)(H,15,18)(H,19,20). The Bertz CT molecular complexity index is 395. The predicted octanol–water partition coefficient (Wildman–Crippen LogP) is -0.0235. The highest BCUT2D eigenvalue weighted by Crippen LogP contribution is 2.34. The van der Waals surface area contributed by atoms with Crippen molar-refractivity contribution in [3.05, 3.63) is 0 Å². The maximum Gasteiger partial charge on any atom is 0.309 e. The average molecular weight is 285 g/mol. The number of carbonyl (C=O) groups is 3. The molecule has 1 fully saturated rings.